The molecule has 78 valence electrons. The van der Waals surface area contributed by atoms with Crippen molar-refractivity contribution in [3.63, 3.8) is 0 Å². The molecule has 0 heterocycles. The normalized spacial score (nSPS) is 15.1. The fraction of sp³-hybridized carbons (Fsp3) is 0.889. The van der Waals surface area contributed by atoms with Gasteiger partial charge in [-0.15, -0.1) is 0 Å². The van der Waals surface area contributed by atoms with Crippen LogP contribution in [0.25, 0.3) is 0 Å². The van der Waals surface area contributed by atoms with E-state index in [1.165, 1.54) is 7.11 Å². The van der Waals surface area contributed by atoms with Crippen molar-refractivity contribution in [1.82, 2.24) is 0 Å². The molecule has 1 atom stereocenters. The maximum absolute atomic E-state index is 11.1. The van der Waals surface area contributed by atoms with Crippen molar-refractivity contribution in [1.29, 1.82) is 0 Å². The first kappa shape index (κ1) is 12.4. The second-order valence-electron chi connectivity index (χ2n) is 3.27. The lowest BCUT2D eigenvalue weighted by Gasteiger charge is -2.20. The summed E-state index contributed by atoms with van der Waals surface area (Å²) in [5.74, 6) is -0.396. The summed E-state index contributed by atoms with van der Waals surface area (Å²) < 4.78 is 9.78. The van der Waals surface area contributed by atoms with Gasteiger partial charge in [0.05, 0.1) is 7.11 Å². The molecule has 0 saturated carbocycles. The van der Waals surface area contributed by atoms with Gasteiger partial charge in [0.1, 0.15) is 5.54 Å². The SMILES string of the molecule is CCCOCCC(C)(N)C(=O)OC. The number of hydrogen-bond donors (Lipinski definition) is 1. The number of hydrogen-bond acceptors (Lipinski definition) is 4. The van der Waals surface area contributed by atoms with Gasteiger partial charge in [0.2, 0.25) is 0 Å². The number of esters is 1. The van der Waals surface area contributed by atoms with E-state index in [-0.39, 0.29) is 0 Å². The monoisotopic (exact) mass is 189 g/mol. The molecule has 0 rings (SSSR count). The molecular weight excluding hydrogens is 170 g/mol. The van der Waals surface area contributed by atoms with E-state index in [1.807, 2.05) is 6.92 Å². The van der Waals surface area contributed by atoms with E-state index in [2.05, 4.69) is 4.74 Å². The van der Waals surface area contributed by atoms with Crippen LogP contribution in [0, 0.1) is 0 Å². The predicted octanol–water partition coefficient (Wildman–Crippen LogP) is 0.693. The van der Waals surface area contributed by atoms with Gasteiger partial charge in [0.15, 0.2) is 0 Å². The fourth-order valence-electron chi connectivity index (χ4n) is 0.866. The Labute approximate surface area is 79.4 Å². The lowest BCUT2D eigenvalue weighted by atomic mass is 10.0. The Bertz CT molecular complexity index is 157. The van der Waals surface area contributed by atoms with E-state index in [4.69, 9.17) is 10.5 Å². The van der Waals surface area contributed by atoms with Gasteiger partial charge in [-0.05, 0) is 19.8 Å². The van der Waals surface area contributed by atoms with Gasteiger partial charge in [0, 0.05) is 13.2 Å². The summed E-state index contributed by atoms with van der Waals surface area (Å²) in [6.45, 7) is 4.88. The van der Waals surface area contributed by atoms with E-state index in [0.29, 0.717) is 19.6 Å². The molecule has 13 heavy (non-hydrogen) atoms. The molecule has 0 aromatic carbocycles. The van der Waals surface area contributed by atoms with Crippen molar-refractivity contribution < 1.29 is 14.3 Å². The van der Waals surface area contributed by atoms with Crippen molar-refractivity contribution in [3.8, 4) is 0 Å². The Hall–Kier alpha value is -0.610. The van der Waals surface area contributed by atoms with E-state index in [1.54, 1.807) is 6.92 Å². The Morgan fingerprint density at radius 3 is 2.54 bits per heavy atom. The summed E-state index contributed by atoms with van der Waals surface area (Å²) in [4.78, 5) is 11.1. The smallest absolute Gasteiger partial charge is 0.325 e. The van der Waals surface area contributed by atoms with Crippen LogP contribution in [-0.4, -0.2) is 31.8 Å². The summed E-state index contributed by atoms with van der Waals surface area (Å²) in [7, 11) is 1.33. The number of nitrogens with two attached hydrogens (primary N) is 1. The average molecular weight is 189 g/mol. The van der Waals surface area contributed by atoms with Crippen LogP contribution in [0.5, 0.6) is 0 Å². The van der Waals surface area contributed by atoms with E-state index in [9.17, 15) is 4.79 Å². The highest BCUT2D eigenvalue weighted by Gasteiger charge is 2.28. The zero-order valence-electron chi connectivity index (χ0n) is 8.63. The minimum Gasteiger partial charge on any atom is -0.468 e. The van der Waals surface area contributed by atoms with Crippen LogP contribution in [0.2, 0.25) is 0 Å². The van der Waals surface area contributed by atoms with Gasteiger partial charge in [0.25, 0.3) is 0 Å². The lowest BCUT2D eigenvalue weighted by Crippen LogP contribution is -2.46. The van der Waals surface area contributed by atoms with Crippen molar-refractivity contribution in [2.24, 2.45) is 5.73 Å². The molecule has 0 saturated heterocycles. The first-order chi connectivity index (χ1) is 6.04. The average Bonchev–Trinajstić information content (AvgIpc) is 2.11. The summed E-state index contributed by atoms with van der Waals surface area (Å²) >= 11 is 0. The van der Waals surface area contributed by atoms with Gasteiger partial charge in [-0.25, -0.2) is 0 Å². The highest BCUT2D eigenvalue weighted by Crippen LogP contribution is 2.07. The van der Waals surface area contributed by atoms with Crippen molar-refractivity contribution >= 4 is 5.97 Å². The van der Waals surface area contributed by atoms with E-state index in [0.717, 1.165) is 6.42 Å². The number of carbonyl (C=O) groups excluding carboxylic acids is 1. The third-order valence-electron chi connectivity index (χ3n) is 1.77. The topological polar surface area (TPSA) is 61.5 Å². The molecular formula is C9H19NO3. The minimum atomic E-state index is -0.928. The number of methoxy groups -OCH3 is 1. The van der Waals surface area contributed by atoms with Crippen LogP contribution in [0.3, 0.4) is 0 Å². The molecule has 0 aliphatic carbocycles. The van der Waals surface area contributed by atoms with Crippen LogP contribution in [0.4, 0.5) is 0 Å². The van der Waals surface area contributed by atoms with Gasteiger partial charge in [-0.1, -0.05) is 6.92 Å². The fourth-order valence-corrected chi connectivity index (χ4v) is 0.866. The van der Waals surface area contributed by atoms with Crippen molar-refractivity contribution in [2.45, 2.75) is 32.2 Å². The Morgan fingerprint density at radius 2 is 2.08 bits per heavy atom. The van der Waals surface area contributed by atoms with Crippen LogP contribution >= 0.6 is 0 Å². The second-order valence-corrected chi connectivity index (χ2v) is 3.27. The van der Waals surface area contributed by atoms with Gasteiger partial charge < -0.3 is 15.2 Å². The number of carbonyl (C=O) groups is 1. The largest absolute Gasteiger partial charge is 0.468 e. The molecule has 0 aliphatic heterocycles. The molecule has 0 aromatic rings. The summed E-state index contributed by atoms with van der Waals surface area (Å²) in [5.41, 5.74) is 4.77. The molecule has 2 N–H and O–H groups in total. The number of rotatable bonds is 6. The van der Waals surface area contributed by atoms with Crippen LogP contribution in [-0.2, 0) is 14.3 Å². The predicted molar refractivity (Wildman–Crippen MR) is 50.3 cm³/mol. The molecule has 0 spiro atoms. The molecule has 4 heteroatoms. The maximum Gasteiger partial charge on any atom is 0.325 e. The van der Waals surface area contributed by atoms with Gasteiger partial charge >= 0.3 is 5.97 Å². The Kier molecular flexibility index (Phi) is 5.66. The highest BCUT2D eigenvalue weighted by atomic mass is 16.5. The third kappa shape index (κ3) is 4.85. The van der Waals surface area contributed by atoms with Crippen molar-refractivity contribution in [2.75, 3.05) is 20.3 Å². The molecule has 0 bridgehead atoms. The summed E-state index contributed by atoms with van der Waals surface area (Å²) in [6.07, 6.45) is 1.46. The van der Waals surface area contributed by atoms with E-state index >= 15 is 0 Å². The van der Waals surface area contributed by atoms with Crippen LogP contribution < -0.4 is 5.73 Å². The molecule has 0 aromatic heterocycles. The van der Waals surface area contributed by atoms with Crippen LogP contribution in [0.1, 0.15) is 26.7 Å². The Balaban J connectivity index is 3.69. The maximum atomic E-state index is 11.1. The molecule has 0 radical (unpaired) electrons. The first-order valence-corrected chi connectivity index (χ1v) is 4.49. The lowest BCUT2D eigenvalue weighted by molar-refractivity contribution is -0.147. The zero-order valence-corrected chi connectivity index (χ0v) is 8.63. The van der Waals surface area contributed by atoms with Crippen LogP contribution in [0.15, 0.2) is 0 Å². The standard InChI is InChI=1S/C9H19NO3/c1-4-6-13-7-5-9(2,10)8(11)12-3/h4-7,10H2,1-3H3. The molecule has 0 amide bonds. The first-order valence-electron chi connectivity index (χ1n) is 4.49. The zero-order chi connectivity index (χ0) is 10.3. The summed E-state index contributed by atoms with van der Waals surface area (Å²) in [6, 6.07) is 0. The van der Waals surface area contributed by atoms with Crippen molar-refractivity contribution in [3.05, 3.63) is 0 Å². The van der Waals surface area contributed by atoms with E-state index < -0.39 is 11.5 Å². The minimum absolute atomic E-state index is 0.396. The molecule has 4 nitrogen and oxygen atoms in total. The summed E-state index contributed by atoms with van der Waals surface area (Å²) in [5, 5.41) is 0. The molecule has 1 unspecified atom stereocenters. The Morgan fingerprint density at radius 1 is 1.46 bits per heavy atom. The number of ether oxygens (including phenoxy) is 2. The molecule has 0 fully saturated rings. The highest BCUT2D eigenvalue weighted by molar-refractivity contribution is 5.79. The van der Waals surface area contributed by atoms with Gasteiger partial charge in [-0.3, -0.25) is 4.79 Å². The molecule has 0 aliphatic rings. The third-order valence-corrected chi connectivity index (χ3v) is 1.77. The van der Waals surface area contributed by atoms with Gasteiger partial charge in [-0.2, -0.15) is 0 Å². The second kappa shape index (κ2) is 5.94. The quantitative estimate of drug-likeness (QED) is 0.493.